The maximum absolute atomic E-state index is 5.49. The molecule has 0 radical (unpaired) electrons. The van der Waals surface area contributed by atoms with E-state index in [-0.39, 0.29) is 24.0 Å². The van der Waals surface area contributed by atoms with Crippen LogP contribution in [-0.4, -0.2) is 77.1 Å². The summed E-state index contributed by atoms with van der Waals surface area (Å²) in [7, 11) is 3.65. The number of methoxy groups -OCH3 is 1. The first kappa shape index (κ1) is 23.9. The summed E-state index contributed by atoms with van der Waals surface area (Å²) in [5, 5.41) is 7.11. The lowest BCUT2D eigenvalue weighted by molar-refractivity contribution is 0.00748. The van der Waals surface area contributed by atoms with Gasteiger partial charge in [0.05, 0.1) is 13.2 Å². The lowest BCUT2D eigenvalue weighted by Gasteiger charge is -2.42. The molecule has 2 aliphatic rings. The van der Waals surface area contributed by atoms with Crippen LogP contribution in [0.5, 0.6) is 0 Å². The summed E-state index contributed by atoms with van der Waals surface area (Å²) in [6.07, 6.45) is 5.06. The summed E-state index contributed by atoms with van der Waals surface area (Å²) in [4.78, 5) is 6.97. The maximum atomic E-state index is 5.49. The Labute approximate surface area is 176 Å². The molecule has 0 aromatic carbocycles. The van der Waals surface area contributed by atoms with Gasteiger partial charge in [0, 0.05) is 53.0 Å². The first-order valence-corrected chi connectivity index (χ1v) is 9.85. The molecule has 0 aromatic rings. The third-order valence-electron chi connectivity index (χ3n) is 5.87. The quantitative estimate of drug-likeness (QED) is 0.300. The Morgan fingerprint density at radius 2 is 1.92 bits per heavy atom. The number of nitrogens with zero attached hydrogens (tertiary/aromatic N) is 2. The summed E-state index contributed by atoms with van der Waals surface area (Å²) in [6, 6.07) is 0.508. The van der Waals surface area contributed by atoms with E-state index in [4.69, 9.17) is 9.47 Å². The molecule has 0 amide bonds. The van der Waals surface area contributed by atoms with Gasteiger partial charge in [-0.2, -0.15) is 0 Å². The summed E-state index contributed by atoms with van der Waals surface area (Å²) < 4.78 is 10.8. The van der Waals surface area contributed by atoms with Gasteiger partial charge >= 0.3 is 0 Å². The average molecular weight is 482 g/mol. The molecule has 2 fully saturated rings. The number of nitrogens with one attached hydrogen (secondary N) is 2. The number of aliphatic imine (C=N–C) groups is 1. The smallest absolute Gasteiger partial charge is 0.191 e. The molecule has 0 spiro atoms. The summed E-state index contributed by atoms with van der Waals surface area (Å²) in [6.45, 7) is 11.1. The van der Waals surface area contributed by atoms with E-state index < -0.39 is 0 Å². The highest BCUT2D eigenvalue weighted by atomic mass is 127. The highest BCUT2D eigenvalue weighted by Crippen LogP contribution is 2.43. The van der Waals surface area contributed by atoms with Crippen molar-refractivity contribution in [1.29, 1.82) is 0 Å². The zero-order chi connectivity index (χ0) is 18.1. The summed E-state index contributed by atoms with van der Waals surface area (Å²) in [5.74, 6) is 1.52. The van der Waals surface area contributed by atoms with Crippen LogP contribution >= 0.6 is 24.0 Å². The predicted octanol–water partition coefficient (Wildman–Crippen LogP) is 2.33. The number of hydrogen-bond donors (Lipinski definition) is 2. The fourth-order valence-electron chi connectivity index (χ4n) is 3.90. The third-order valence-corrected chi connectivity index (χ3v) is 5.87. The van der Waals surface area contributed by atoms with Crippen LogP contribution in [0.1, 0.15) is 39.5 Å². The molecule has 6 nitrogen and oxygen atoms in total. The molecule has 1 unspecified atom stereocenters. The van der Waals surface area contributed by atoms with Gasteiger partial charge in [-0.1, -0.05) is 20.3 Å². The second kappa shape index (κ2) is 12.4. The molecular weight excluding hydrogens is 443 g/mol. The zero-order valence-corrected chi connectivity index (χ0v) is 19.4. The first-order chi connectivity index (χ1) is 12.1. The van der Waals surface area contributed by atoms with Crippen molar-refractivity contribution in [1.82, 2.24) is 15.5 Å². The van der Waals surface area contributed by atoms with Gasteiger partial charge in [-0.3, -0.25) is 9.89 Å². The first-order valence-electron chi connectivity index (χ1n) is 9.85. The second-order valence-corrected chi connectivity index (χ2v) is 7.86. The van der Waals surface area contributed by atoms with Gasteiger partial charge in [0.25, 0.3) is 0 Å². The van der Waals surface area contributed by atoms with Crippen LogP contribution in [0.4, 0.5) is 0 Å². The fraction of sp³-hybridized carbons (Fsp3) is 0.947. The third kappa shape index (κ3) is 7.13. The molecule has 26 heavy (non-hydrogen) atoms. The van der Waals surface area contributed by atoms with E-state index in [0.29, 0.717) is 17.4 Å². The van der Waals surface area contributed by atoms with Crippen molar-refractivity contribution in [2.45, 2.75) is 45.6 Å². The van der Waals surface area contributed by atoms with Gasteiger partial charge in [-0.25, -0.2) is 0 Å². The van der Waals surface area contributed by atoms with Crippen molar-refractivity contribution in [2.24, 2.45) is 16.3 Å². The lowest BCUT2D eigenvalue weighted by Crippen LogP contribution is -2.53. The normalized spacial score (nSPS) is 21.7. The van der Waals surface area contributed by atoms with E-state index in [1.807, 2.05) is 7.05 Å². The predicted molar refractivity (Wildman–Crippen MR) is 119 cm³/mol. The Kier molecular flexibility index (Phi) is 11.4. The maximum Gasteiger partial charge on any atom is 0.191 e. The highest BCUT2D eigenvalue weighted by Gasteiger charge is 2.36. The van der Waals surface area contributed by atoms with Crippen molar-refractivity contribution in [3.63, 3.8) is 0 Å². The van der Waals surface area contributed by atoms with E-state index >= 15 is 0 Å². The largest absolute Gasteiger partial charge is 0.385 e. The van der Waals surface area contributed by atoms with Crippen LogP contribution in [0.25, 0.3) is 0 Å². The molecule has 1 atom stereocenters. The molecule has 1 saturated carbocycles. The van der Waals surface area contributed by atoms with E-state index in [9.17, 15) is 0 Å². The summed E-state index contributed by atoms with van der Waals surface area (Å²) >= 11 is 0. The lowest BCUT2D eigenvalue weighted by atomic mass is 9.67. The molecule has 7 heteroatoms. The minimum absolute atomic E-state index is 0. The number of guanidine groups is 1. The van der Waals surface area contributed by atoms with Gasteiger partial charge in [0.2, 0.25) is 0 Å². The molecule has 2 N–H and O–H groups in total. The van der Waals surface area contributed by atoms with Crippen molar-refractivity contribution in [2.75, 3.05) is 60.2 Å². The molecule has 0 aromatic heterocycles. The number of halogens is 1. The Morgan fingerprint density at radius 1 is 1.23 bits per heavy atom. The number of ether oxygens (including phenoxy) is 2. The number of rotatable bonds is 9. The van der Waals surface area contributed by atoms with Gasteiger partial charge in [0.1, 0.15) is 0 Å². The molecule has 1 heterocycles. The van der Waals surface area contributed by atoms with Crippen LogP contribution in [-0.2, 0) is 9.47 Å². The molecule has 0 bridgehead atoms. The molecule has 1 aliphatic heterocycles. The SMILES string of the molecule is CN=C(NCC(C(C)C)N1CCOCC1)NCC1(CCOC)CCC1.I. The van der Waals surface area contributed by atoms with Crippen molar-refractivity contribution in [3.8, 4) is 0 Å². The Balaban J connectivity index is 0.00000338. The van der Waals surface area contributed by atoms with Gasteiger partial charge in [-0.05, 0) is 30.6 Å². The Morgan fingerprint density at radius 3 is 2.42 bits per heavy atom. The standard InChI is InChI=1S/C19H38N4O2.HI/c1-16(2)17(23-9-12-25-13-10-23)14-21-18(20-3)22-15-19(6-5-7-19)8-11-24-4;/h16-17H,5-15H2,1-4H3,(H2,20,21,22);1H. The Bertz CT molecular complexity index is 410. The monoisotopic (exact) mass is 482 g/mol. The number of hydrogen-bond acceptors (Lipinski definition) is 4. The second-order valence-electron chi connectivity index (χ2n) is 7.86. The summed E-state index contributed by atoms with van der Waals surface area (Å²) in [5.41, 5.74) is 0.398. The van der Waals surface area contributed by atoms with Crippen molar-refractivity contribution in [3.05, 3.63) is 0 Å². The van der Waals surface area contributed by atoms with E-state index in [1.54, 1.807) is 7.11 Å². The molecule has 1 saturated heterocycles. The van der Waals surface area contributed by atoms with Crippen molar-refractivity contribution >= 4 is 29.9 Å². The minimum Gasteiger partial charge on any atom is -0.385 e. The minimum atomic E-state index is 0. The molecule has 2 rings (SSSR count). The van der Waals surface area contributed by atoms with Gasteiger partial charge in [-0.15, -0.1) is 24.0 Å². The van der Waals surface area contributed by atoms with Crippen LogP contribution in [0, 0.1) is 11.3 Å². The van der Waals surface area contributed by atoms with Crippen LogP contribution in [0.15, 0.2) is 4.99 Å². The van der Waals surface area contributed by atoms with Crippen LogP contribution in [0.3, 0.4) is 0 Å². The number of morpholine rings is 1. The average Bonchev–Trinajstić information content (AvgIpc) is 2.59. The fourth-order valence-corrected chi connectivity index (χ4v) is 3.90. The molecule has 154 valence electrons. The Hall–Kier alpha value is -0.120. The molecular formula is C19H39IN4O2. The zero-order valence-electron chi connectivity index (χ0n) is 17.1. The van der Waals surface area contributed by atoms with Crippen LogP contribution in [0.2, 0.25) is 0 Å². The highest BCUT2D eigenvalue weighted by molar-refractivity contribution is 14.0. The van der Waals surface area contributed by atoms with E-state index in [1.165, 1.54) is 19.3 Å². The van der Waals surface area contributed by atoms with Gasteiger partial charge < -0.3 is 20.1 Å². The topological polar surface area (TPSA) is 58.1 Å². The van der Waals surface area contributed by atoms with Crippen LogP contribution < -0.4 is 10.6 Å². The molecule has 1 aliphatic carbocycles. The van der Waals surface area contributed by atoms with Crippen molar-refractivity contribution < 1.29 is 9.47 Å². The van der Waals surface area contributed by atoms with Gasteiger partial charge in [0.15, 0.2) is 5.96 Å². The van der Waals surface area contributed by atoms with E-state index in [2.05, 4.69) is 34.4 Å². The van der Waals surface area contributed by atoms with E-state index in [0.717, 1.165) is 58.4 Å².